The van der Waals surface area contributed by atoms with Crippen LogP contribution in [0.15, 0.2) is 47.5 Å². The van der Waals surface area contributed by atoms with E-state index in [0.717, 1.165) is 6.42 Å². The Morgan fingerprint density at radius 2 is 1.70 bits per heavy atom. The molecule has 1 heteroatoms. The van der Waals surface area contributed by atoms with Crippen molar-refractivity contribution in [1.82, 2.24) is 0 Å². The van der Waals surface area contributed by atoms with Crippen LogP contribution in [0.25, 0.3) is 0 Å². The molecule has 0 N–H and O–H groups in total. The highest BCUT2D eigenvalue weighted by Gasteiger charge is 2.44. The lowest BCUT2D eigenvalue weighted by molar-refractivity contribution is 0.140. The van der Waals surface area contributed by atoms with E-state index in [1.54, 1.807) is 0 Å². The molecular weight excluding hydrogens is 242 g/mol. The summed E-state index contributed by atoms with van der Waals surface area (Å²) >= 11 is 0. The van der Waals surface area contributed by atoms with Gasteiger partial charge in [0.25, 0.3) is 0 Å². The van der Waals surface area contributed by atoms with Crippen molar-refractivity contribution in [2.24, 2.45) is 10.4 Å². The van der Waals surface area contributed by atoms with Crippen LogP contribution in [0.3, 0.4) is 0 Å². The van der Waals surface area contributed by atoms with Crippen molar-refractivity contribution in [3.63, 3.8) is 0 Å². The average molecular weight is 267 g/mol. The number of benzene rings is 1. The van der Waals surface area contributed by atoms with E-state index >= 15 is 0 Å². The maximum Gasteiger partial charge on any atom is 0.0630 e. The quantitative estimate of drug-likeness (QED) is 0.721. The van der Waals surface area contributed by atoms with Crippen molar-refractivity contribution < 1.29 is 0 Å². The molecule has 1 atom stereocenters. The summed E-state index contributed by atoms with van der Waals surface area (Å²) in [4.78, 5) is 4.84. The van der Waals surface area contributed by atoms with Crippen LogP contribution >= 0.6 is 0 Å². The molecule has 1 fully saturated rings. The number of hydrogen-bond acceptors (Lipinski definition) is 1. The van der Waals surface area contributed by atoms with Crippen molar-refractivity contribution >= 4 is 6.21 Å². The topological polar surface area (TPSA) is 12.4 Å². The van der Waals surface area contributed by atoms with Crippen LogP contribution in [-0.2, 0) is 5.41 Å². The summed E-state index contributed by atoms with van der Waals surface area (Å²) in [6.07, 6.45) is 12.6. The smallest absolute Gasteiger partial charge is 0.0630 e. The predicted molar refractivity (Wildman–Crippen MR) is 86.4 cm³/mol. The first-order chi connectivity index (χ1) is 9.62. The average Bonchev–Trinajstić information content (AvgIpc) is 2.50. The molecule has 20 heavy (non-hydrogen) atoms. The Morgan fingerprint density at radius 3 is 2.30 bits per heavy atom. The lowest BCUT2D eigenvalue weighted by atomic mass is 9.59. The standard InChI is InChI=1S/C19H25N/c1-18(2)11-13-19(14-12-18,16-8-4-3-5-9-16)17-10-6-7-15-20-17/h3-9,15,17H,10-14H2,1-2H3. The summed E-state index contributed by atoms with van der Waals surface area (Å²) in [5.74, 6) is 0. The molecule has 1 saturated carbocycles. The monoisotopic (exact) mass is 267 g/mol. The van der Waals surface area contributed by atoms with Gasteiger partial charge in [0.2, 0.25) is 0 Å². The Balaban J connectivity index is 1.96. The molecule has 0 amide bonds. The maximum atomic E-state index is 4.84. The molecule has 1 unspecified atom stereocenters. The van der Waals surface area contributed by atoms with Crippen LogP contribution in [0.2, 0.25) is 0 Å². The summed E-state index contributed by atoms with van der Waals surface area (Å²) in [7, 11) is 0. The lowest BCUT2D eigenvalue weighted by Gasteiger charge is -2.47. The Bertz CT molecular complexity index is 500. The zero-order valence-electron chi connectivity index (χ0n) is 12.7. The summed E-state index contributed by atoms with van der Waals surface area (Å²) < 4.78 is 0. The highest BCUT2D eigenvalue weighted by Crippen LogP contribution is 2.50. The van der Waals surface area contributed by atoms with Gasteiger partial charge in [0, 0.05) is 11.6 Å². The molecule has 1 heterocycles. The van der Waals surface area contributed by atoms with E-state index in [2.05, 4.69) is 56.3 Å². The van der Waals surface area contributed by atoms with Crippen molar-refractivity contribution in [2.75, 3.05) is 0 Å². The van der Waals surface area contributed by atoms with E-state index < -0.39 is 0 Å². The summed E-state index contributed by atoms with van der Waals surface area (Å²) in [6, 6.07) is 11.5. The fourth-order valence-electron chi connectivity index (χ4n) is 3.81. The number of aliphatic imine (C=N–C) groups is 1. The van der Waals surface area contributed by atoms with Crippen molar-refractivity contribution in [3.05, 3.63) is 48.0 Å². The zero-order valence-corrected chi connectivity index (χ0v) is 12.7. The third-order valence-electron chi connectivity index (χ3n) is 5.33. The fraction of sp³-hybridized carbons (Fsp3) is 0.526. The van der Waals surface area contributed by atoms with Gasteiger partial charge in [-0.2, -0.15) is 0 Å². The third kappa shape index (κ3) is 2.46. The first-order valence-corrected chi connectivity index (χ1v) is 7.86. The van der Waals surface area contributed by atoms with Crippen molar-refractivity contribution in [3.8, 4) is 0 Å². The van der Waals surface area contributed by atoms with E-state index in [1.807, 2.05) is 6.21 Å². The highest BCUT2D eigenvalue weighted by molar-refractivity contribution is 5.72. The van der Waals surface area contributed by atoms with Crippen LogP contribution in [0, 0.1) is 5.41 Å². The third-order valence-corrected chi connectivity index (χ3v) is 5.33. The molecule has 1 aliphatic carbocycles. The van der Waals surface area contributed by atoms with Crippen LogP contribution in [0.1, 0.15) is 51.5 Å². The van der Waals surface area contributed by atoms with Crippen LogP contribution < -0.4 is 0 Å². The summed E-state index contributed by atoms with van der Waals surface area (Å²) in [6.45, 7) is 4.82. The van der Waals surface area contributed by atoms with Crippen LogP contribution in [0.4, 0.5) is 0 Å². The Labute approximate surface area is 122 Å². The normalized spacial score (nSPS) is 27.4. The molecule has 0 bridgehead atoms. The lowest BCUT2D eigenvalue weighted by Crippen LogP contribution is -2.43. The molecule has 0 saturated heterocycles. The molecule has 0 aromatic heterocycles. The van der Waals surface area contributed by atoms with Gasteiger partial charge >= 0.3 is 0 Å². The SMILES string of the molecule is CC1(C)CCC(c2ccccc2)(C2CC=CC=N2)CC1. The minimum atomic E-state index is 0.248. The molecule has 0 radical (unpaired) electrons. The molecule has 1 aromatic carbocycles. The maximum absolute atomic E-state index is 4.84. The molecule has 106 valence electrons. The zero-order chi connectivity index (χ0) is 14.1. The summed E-state index contributed by atoms with van der Waals surface area (Å²) in [5, 5.41) is 0. The van der Waals surface area contributed by atoms with E-state index in [1.165, 1.54) is 31.2 Å². The van der Waals surface area contributed by atoms with Gasteiger partial charge in [0.15, 0.2) is 0 Å². The minimum absolute atomic E-state index is 0.248. The van der Waals surface area contributed by atoms with Gasteiger partial charge in [-0.3, -0.25) is 4.99 Å². The first kappa shape index (κ1) is 13.6. The van der Waals surface area contributed by atoms with Gasteiger partial charge < -0.3 is 0 Å². The molecule has 0 spiro atoms. The molecule has 3 rings (SSSR count). The Morgan fingerprint density at radius 1 is 1.00 bits per heavy atom. The molecule has 2 aliphatic rings. The molecule has 1 aromatic rings. The number of dihydropyridines is 1. The van der Waals surface area contributed by atoms with E-state index in [0.29, 0.717) is 11.5 Å². The summed E-state index contributed by atoms with van der Waals surface area (Å²) in [5.41, 5.74) is 2.23. The Hall–Kier alpha value is -1.37. The molecule has 1 aliphatic heterocycles. The predicted octanol–water partition coefficient (Wildman–Crippen LogP) is 4.92. The van der Waals surface area contributed by atoms with Gasteiger partial charge in [-0.25, -0.2) is 0 Å². The molecular formula is C19H25N. The van der Waals surface area contributed by atoms with E-state index in [-0.39, 0.29) is 5.41 Å². The highest BCUT2D eigenvalue weighted by atomic mass is 14.8. The number of allylic oxidation sites excluding steroid dienone is 1. The molecule has 1 nitrogen and oxygen atoms in total. The van der Waals surface area contributed by atoms with E-state index in [4.69, 9.17) is 4.99 Å². The number of rotatable bonds is 2. The van der Waals surface area contributed by atoms with Crippen molar-refractivity contribution in [1.29, 1.82) is 0 Å². The number of nitrogens with zero attached hydrogens (tertiary/aromatic N) is 1. The first-order valence-electron chi connectivity index (χ1n) is 7.86. The van der Waals surface area contributed by atoms with Crippen LogP contribution in [-0.4, -0.2) is 12.3 Å². The minimum Gasteiger partial charge on any atom is -0.289 e. The second kappa shape index (κ2) is 5.20. The van der Waals surface area contributed by atoms with Gasteiger partial charge in [0.1, 0.15) is 0 Å². The van der Waals surface area contributed by atoms with Gasteiger partial charge in [-0.05, 0) is 49.2 Å². The van der Waals surface area contributed by atoms with Gasteiger partial charge in [-0.15, -0.1) is 0 Å². The van der Waals surface area contributed by atoms with Crippen LogP contribution in [0.5, 0.6) is 0 Å². The second-order valence-corrected chi connectivity index (χ2v) is 7.16. The van der Waals surface area contributed by atoms with Crippen molar-refractivity contribution in [2.45, 2.75) is 57.4 Å². The van der Waals surface area contributed by atoms with Gasteiger partial charge in [-0.1, -0.05) is 50.3 Å². The number of hydrogen-bond donors (Lipinski definition) is 0. The largest absolute Gasteiger partial charge is 0.289 e. The van der Waals surface area contributed by atoms with Gasteiger partial charge in [0.05, 0.1) is 6.04 Å². The second-order valence-electron chi connectivity index (χ2n) is 7.16. The van der Waals surface area contributed by atoms with E-state index in [9.17, 15) is 0 Å². The Kier molecular flexibility index (Phi) is 3.54. The fourth-order valence-corrected chi connectivity index (χ4v) is 3.81.